The van der Waals surface area contributed by atoms with Crippen molar-refractivity contribution in [2.45, 2.75) is 26.3 Å². The molecule has 2 nitrogen and oxygen atoms in total. The lowest BCUT2D eigenvalue weighted by Gasteiger charge is -2.14. The molecule has 102 valence electrons. The molecule has 3 heteroatoms. The van der Waals surface area contributed by atoms with Crippen molar-refractivity contribution >= 4 is 22.5 Å². The van der Waals surface area contributed by atoms with Gasteiger partial charge in [-0.15, -0.1) is 11.6 Å². The van der Waals surface area contributed by atoms with Crippen molar-refractivity contribution in [3.8, 4) is 0 Å². The van der Waals surface area contributed by atoms with Crippen LogP contribution in [0.3, 0.4) is 0 Å². The van der Waals surface area contributed by atoms with Gasteiger partial charge in [0, 0.05) is 24.0 Å². The Kier molecular flexibility index (Phi) is 5.62. The first-order valence-electron chi connectivity index (χ1n) is 6.93. The lowest BCUT2D eigenvalue weighted by molar-refractivity contribution is 0.451. The molecule has 1 atom stereocenters. The van der Waals surface area contributed by atoms with E-state index < -0.39 is 0 Å². The Hall–Kier alpha value is -1.12. The van der Waals surface area contributed by atoms with E-state index in [0.29, 0.717) is 5.92 Å². The first-order valence-corrected chi connectivity index (χ1v) is 7.47. The van der Waals surface area contributed by atoms with Crippen molar-refractivity contribution in [2.75, 3.05) is 12.4 Å². The maximum absolute atomic E-state index is 5.80. The van der Waals surface area contributed by atoms with Gasteiger partial charge in [0.1, 0.15) is 0 Å². The molecule has 0 saturated heterocycles. The van der Waals surface area contributed by atoms with Crippen LogP contribution < -0.4 is 5.32 Å². The smallest absolute Gasteiger partial charge is 0.0702 e. The summed E-state index contributed by atoms with van der Waals surface area (Å²) in [7, 11) is 0. The predicted octanol–water partition coefficient (Wildman–Crippen LogP) is 3.98. The summed E-state index contributed by atoms with van der Waals surface area (Å²) in [6.45, 7) is 4.17. The number of hydrogen-bond acceptors (Lipinski definition) is 2. The Morgan fingerprint density at radius 2 is 2.21 bits per heavy atom. The minimum Gasteiger partial charge on any atom is -0.312 e. The highest BCUT2D eigenvalue weighted by Gasteiger charge is 2.05. The Labute approximate surface area is 120 Å². The van der Waals surface area contributed by atoms with Gasteiger partial charge in [0.15, 0.2) is 0 Å². The molecule has 1 N–H and O–H groups in total. The highest BCUT2D eigenvalue weighted by Crippen LogP contribution is 2.13. The van der Waals surface area contributed by atoms with Gasteiger partial charge in [-0.25, -0.2) is 0 Å². The normalized spacial score (nSPS) is 12.7. The summed E-state index contributed by atoms with van der Waals surface area (Å²) in [6, 6.07) is 10.5. The summed E-state index contributed by atoms with van der Waals surface area (Å²) in [5.41, 5.74) is 2.36. The standard InChI is InChI=1S/C16H21ClN2/c1-2-13(7-8-17)11-18-12-14-5-6-16-15(10-14)4-3-9-19-16/h3-6,9-10,13,18H,2,7-8,11-12H2,1H3. The van der Waals surface area contributed by atoms with E-state index in [1.165, 1.54) is 17.4 Å². The van der Waals surface area contributed by atoms with Gasteiger partial charge in [-0.05, 0) is 42.6 Å². The molecular weight excluding hydrogens is 256 g/mol. The van der Waals surface area contributed by atoms with Crippen LogP contribution >= 0.6 is 11.6 Å². The van der Waals surface area contributed by atoms with E-state index in [2.05, 4.69) is 41.5 Å². The fourth-order valence-corrected chi connectivity index (χ4v) is 2.57. The molecule has 0 aliphatic rings. The minimum absolute atomic E-state index is 0.680. The van der Waals surface area contributed by atoms with Crippen LogP contribution in [-0.2, 0) is 6.54 Å². The van der Waals surface area contributed by atoms with Gasteiger partial charge < -0.3 is 5.32 Å². The number of nitrogens with one attached hydrogen (secondary N) is 1. The summed E-state index contributed by atoms with van der Waals surface area (Å²) in [5.74, 6) is 1.43. The van der Waals surface area contributed by atoms with E-state index in [1.807, 2.05) is 12.3 Å². The van der Waals surface area contributed by atoms with Crippen LogP contribution in [0, 0.1) is 5.92 Å². The van der Waals surface area contributed by atoms with E-state index in [-0.39, 0.29) is 0 Å². The molecule has 1 unspecified atom stereocenters. The Bertz CT molecular complexity index is 513. The third kappa shape index (κ3) is 4.19. The number of benzene rings is 1. The monoisotopic (exact) mass is 276 g/mol. The van der Waals surface area contributed by atoms with Crippen LogP contribution in [0.2, 0.25) is 0 Å². The second kappa shape index (κ2) is 7.46. The van der Waals surface area contributed by atoms with E-state index in [1.54, 1.807) is 0 Å². The molecule has 0 aliphatic carbocycles. The second-order valence-corrected chi connectivity index (χ2v) is 5.29. The van der Waals surface area contributed by atoms with Crippen molar-refractivity contribution in [3.05, 3.63) is 42.1 Å². The minimum atomic E-state index is 0.680. The van der Waals surface area contributed by atoms with Gasteiger partial charge in [0.25, 0.3) is 0 Å². The van der Waals surface area contributed by atoms with Crippen molar-refractivity contribution in [1.82, 2.24) is 10.3 Å². The number of hydrogen-bond donors (Lipinski definition) is 1. The average Bonchev–Trinajstić information content (AvgIpc) is 2.46. The Morgan fingerprint density at radius 1 is 1.32 bits per heavy atom. The van der Waals surface area contributed by atoms with E-state index in [4.69, 9.17) is 11.6 Å². The van der Waals surface area contributed by atoms with Crippen molar-refractivity contribution in [2.24, 2.45) is 5.92 Å². The van der Waals surface area contributed by atoms with Crippen LogP contribution in [0.15, 0.2) is 36.5 Å². The molecule has 0 spiro atoms. The first-order chi connectivity index (χ1) is 9.33. The molecule has 0 aliphatic heterocycles. The van der Waals surface area contributed by atoms with Crippen LogP contribution in [0.25, 0.3) is 10.9 Å². The van der Waals surface area contributed by atoms with Gasteiger partial charge in [-0.2, -0.15) is 0 Å². The number of alkyl halides is 1. The molecule has 0 bridgehead atoms. The van der Waals surface area contributed by atoms with Crippen LogP contribution in [-0.4, -0.2) is 17.4 Å². The summed E-state index contributed by atoms with van der Waals surface area (Å²) in [6.07, 6.45) is 4.10. The molecule has 2 rings (SSSR count). The number of aromatic nitrogens is 1. The topological polar surface area (TPSA) is 24.9 Å². The Balaban J connectivity index is 1.90. The van der Waals surface area contributed by atoms with E-state index in [9.17, 15) is 0 Å². The van der Waals surface area contributed by atoms with Gasteiger partial charge in [-0.1, -0.05) is 25.5 Å². The maximum atomic E-state index is 5.80. The number of nitrogens with zero attached hydrogens (tertiary/aromatic N) is 1. The summed E-state index contributed by atoms with van der Waals surface area (Å²) in [4.78, 5) is 4.33. The van der Waals surface area contributed by atoms with Crippen molar-refractivity contribution in [3.63, 3.8) is 0 Å². The van der Waals surface area contributed by atoms with Crippen molar-refractivity contribution in [1.29, 1.82) is 0 Å². The zero-order valence-corrected chi connectivity index (χ0v) is 12.2. The number of rotatable bonds is 7. The molecule has 0 radical (unpaired) electrons. The highest BCUT2D eigenvalue weighted by atomic mass is 35.5. The molecule has 0 fully saturated rings. The fraction of sp³-hybridized carbons (Fsp3) is 0.438. The fourth-order valence-electron chi connectivity index (χ4n) is 2.26. The lowest BCUT2D eigenvalue weighted by Crippen LogP contribution is -2.22. The van der Waals surface area contributed by atoms with Gasteiger partial charge in [0.2, 0.25) is 0 Å². The Morgan fingerprint density at radius 3 is 3.00 bits per heavy atom. The summed E-state index contributed by atoms with van der Waals surface area (Å²) in [5, 5.41) is 4.73. The lowest BCUT2D eigenvalue weighted by atomic mass is 10.0. The van der Waals surface area contributed by atoms with Gasteiger partial charge >= 0.3 is 0 Å². The summed E-state index contributed by atoms with van der Waals surface area (Å²) < 4.78 is 0. The molecule has 2 aromatic rings. The zero-order valence-electron chi connectivity index (χ0n) is 11.4. The molecular formula is C16H21ClN2. The molecule has 1 aromatic carbocycles. The third-order valence-electron chi connectivity index (χ3n) is 3.52. The van der Waals surface area contributed by atoms with Gasteiger partial charge in [-0.3, -0.25) is 4.98 Å². The quantitative estimate of drug-likeness (QED) is 0.774. The number of halogens is 1. The number of fused-ring (bicyclic) bond motifs is 1. The van der Waals surface area contributed by atoms with Crippen LogP contribution in [0.5, 0.6) is 0 Å². The second-order valence-electron chi connectivity index (χ2n) is 4.91. The van der Waals surface area contributed by atoms with Crippen LogP contribution in [0.1, 0.15) is 25.3 Å². The maximum Gasteiger partial charge on any atom is 0.0702 e. The average molecular weight is 277 g/mol. The van der Waals surface area contributed by atoms with Gasteiger partial charge in [0.05, 0.1) is 5.52 Å². The van der Waals surface area contributed by atoms with E-state index in [0.717, 1.165) is 30.9 Å². The third-order valence-corrected chi connectivity index (χ3v) is 3.74. The van der Waals surface area contributed by atoms with E-state index >= 15 is 0 Å². The highest BCUT2D eigenvalue weighted by molar-refractivity contribution is 6.17. The molecule has 19 heavy (non-hydrogen) atoms. The molecule has 0 amide bonds. The summed E-state index contributed by atoms with van der Waals surface area (Å²) >= 11 is 5.80. The first kappa shape index (κ1) is 14.3. The molecule has 1 aromatic heterocycles. The molecule has 1 heterocycles. The zero-order chi connectivity index (χ0) is 13.5. The predicted molar refractivity (Wildman–Crippen MR) is 82.6 cm³/mol. The largest absolute Gasteiger partial charge is 0.312 e. The molecule has 0 saturated carbocycles. The van der Waals surface area contributed by atoms with Crippen molar-refractivity contribution < 1.29 is 0 Å². The van der Waals surface area contributed by atoms with Crippen LogP contribution in [0.4, 0.5) is 0 Å². The number of pyridine rings is 1. The SMILES string of the molecule is CCC(CCCl)CNCc1ccc2ncccc2c1.